The van der Waals surface area contributed by atoms with Crippen molar-refractivity contribution in [3.05, 3.63) is 35.9 Å². The number of benzene rings is 1. The molecule has 1 aromatic rings. The van der Waals surface area contributed by atoms with Crippen molar-refractivity contribution in [3.8, 4) is 0 Å². The van der Waals surface area contributed by atoms with Gasteiger partial charge in [0.2, 0.25) is 5.91 Å². The molecule has 0 bridgehead atoms. The first-order valence-corrected chi connectivity index (χ1v) is 5.93. The number of β-amino-alcohol motifs (C(OH)–C–C–N with tert-alkyl or cyclic N) is 1. The van der Waals surface area contributed by atoms with E-state index in [1.807, 2.05) is 30.3 Å². The number of nitrogens with two attached hydrogens (primary N) is 1. The van der Waals surface area contributed by atoms with Gasteiger partial charge in [0.15, 0.2) is 0 Å². The third-order valence-electron chi connectivity index (χ3n) is 3.09. The SMILES string of the molecule is N[C@@H](Cc1ccccc1)C(=O)N1CC[C@@H](O)C1. The van der Waals surface area contributed by atoms with Crippen molar-refractivity contribution in [2.75, 3.05) is 13.1 Å². The van der Waals surface area contributed by atoms with Crippen LogP contribution in [-0.2, 0) is 11.2 Å². The van der Waals surface area contributed by atoms with Crippen molar-refractivity contribution >= 4 is 5.91 Å². The summed E-state index contributed by atoms with van der Waals surface area (Å²) in [6.07, 6.45) is 0.818. The lowest BCUT2D eigenvalue weighted by atomic mass is 10.1. The largest absolute Gasteiger partial charge is 0.391 e. The van der Waals surface area contributed by atoms with Gasteiger partial charge in [0.25, 0.3) is 0 Å². The Labute approximate surface area is 101 Å². The summed E-state index contributed by atoms with van der Waals surface area (Å²) in [5.41, 5.74) is 6.96. The van der Waals surface area contributed by atoms with Crippen LogP contribution < -0.4 is 5.73 Å². The van der Waals surface area contributed by atoms with Crippen molar-refractivity contribution in [2.24, 2.45) is 5.73 Å². The highest BCUT2D eigenvalue weighted by atomic mass is 16.3. The van der Waals surface area contributed by atoms with Crippen molar-refractivity contribution in [1.29, 1.82) is 0 Å². The van der Waals surface area contributed by atoms with Crippen LogP contribution in [0.4, 0.5) is 0 Å². The van der Waals surface area contributed by atoms with Gasteiger partial charge in [-0.3, -0.25) is 4.79 Å². The molecule has 4 heteroatoms. The van der Waals surface area contributed by atoms with E-state index in [4.69, 9.17) is 5.73 Å². The number of hydrogen-bond donors (Lipinski definition) is 2. The second-order valence-corrected chi connectivity index (χ2v) is 4.52. The average molecular weight is 234 g/mol. The van der Waals surface area contributed by atoms with Crippen molar-refractivity contribution in [1.82, 2.24) is 4.90 Å². The Morgan fingerprint density at radius 3 is 2.76 bits per heavy atom. The van der Waals surface area contributed by atoms with E-state index in [0.29, 0.717) is 25.9 Å². The van der Waals surface area contributed by atoms with E-state index in [0.717, 1.165) is 5.56 Å². The van der Waals surface area contributed by atoms with Crippen molar-refractivity contribution in [2.45, 2.75) is 25.0 Å². The van der Waals surface area contributed by atoms with Gasteiger partial charge in [-0.05, 0) is 18.4 Å². The molecular weight excluding hydrogens is 216 g/mol. The number of hydrogen-bond acceptors (Lipinski definition) is 3. The van der Waals surface area contributed by atoms with Gasteiger partial charge >= 0.3 is 0 Å². The molecule has 2 rings (SSSR count). The molecule has 1 saturated heterocycles. The zero-order valence-corrected chi connectivity index (χ0v) is 9.75. The third kappa shape index (κ3) is 3.05. The van der Waals surface area contributed by atoms with Gasteiger partial charge in [0, 0.05) is 13.1 Å². The molecule has 1 fully saturated rings. The summed E-state index contributed by atoms with van der Waals surface area (Å²) in [5.74, 6) is -0.0644. The number of aliphatic hydroxyl groups is 1. The number of nitrogens with zero attached hydrogens (tertiary/aromatic N) is 1. The maximum atomic E-state index is 12.0. The van der Waals surface area contributed by atoms with Crippen LogP contribution in [0.5, 0.6) is 0 Å². The zero-order valence-electron chi connectivity index (χ0n) is 9.75. The molecule has 92 valence electrons. The number of amides is 1. The standard InChI is InChI=1S/C13H18N2O2/c14-12(8-10-4-2-1-3-5-10)13(17)15-7-6-11(16)9-15/h1-5,11-12,16H,6-9,14H2/t11-,12+/m1/s1. The smallest absolute Gasteiger partial charge is 0.239 e. The Bertz CT molecular complexity index is 380. The van der Waals surface area contributed by atoms with Gasteiger partial charge in [0.05, 0.1) is 12.1 Å². The van der Waals surface area contributed by atoms with Gasteiger partial charge < -0.3 is 15.7 Å². The summed E-state index contributed by atoms with van der Waals surface area (Å²) in [6, 6.07) is 9.23. The molecule has 3 N–H and O–H groups in total. The molecular formula is C13H18N2O2. The summed E-state index contributed by atoms with van der Waals surface area (Å²) >= 11 is 0. The van der Waals surface area contributed by atoms with Crippen molar-refractivity contribution < 1.29 is 9.90 Å². The first-order chi connectivity index (χ1) is 8.16. The maximum absolute atomic E-state index is 12.0. The van der Waals surface area contributed by atoms with Crippen LogP contribution in [0.3, 0.4) is 0 Å². The summed E-state index contributed by atoms with van der Waals surface area (Å²) in [6.45, 7) is 1.03. The quantitative estimate of drug-likeness (QED) is 0.782. The maximum Gasteiger partial charge on any atom is 0.239 e. The van der Waals surface area contributed by atoms with E-state index in [-0.39, 0.29) is 12.0 Å². The normalized spacial score (nSPS) is 21.5. The van der Waals surface area contributed by atoms with E-state index in [2.05, 4.69) is 0 Å². The summed E-state index contributed by atoms with van der Waals surface area (Å²) in [7, 11) is 0. The third-order valence-corrected chi connectivity index (χ3v) is 3.09. The highest BCUT2D eigenvalue weighted by Gasteiger charge is 2.27. The van der Waals surface area contributed by atoms with Crippen LogP contribution in [0.25, 0.3) is 0 Å². The zero-order chi connectivity index (χ0) is 12.3. The van der Waals surface area contributed by atoms with E-state index < -0.39 is 6.04 Å². The lowest BCUT2D eigenvalue weighted by Crippen LogP contribution is -2.44. The topological polar surface area (TPSA) is 66.6 Å². The van der Waals surface area contributed by atoms with Gasteiger partial charge in [-0.15, -0.1) is 0 Å². The molecule has 1 heterocycles. The fraction of sp³-hybridized carbons (Fsp3) is 0.462. The average Bonchev–Trinajstić information content (AvgIpc) is 2.76. The minimum absolute atomic E-state index is 0.0644. The monoisotopic (exact) mass is 234 g/mol. The molecule has 1 aliphatic heterocycles. The van der Waals surface area contributed by atoms with Crippen LogP contribution in [0.1, 0.15) is 12.0 Å². The van der Waals surface area contributed by atoms with Crippen LogP contribution in [0.2, 0.25) is 0 Å². The highest BCUT2D eigenvalue weighted by molar-refractivity contribution is 5.82. The first kappa shape index (κ1) is 12.1. The number of likely N-dealkylation sites (tertiary alicyclic amines) is 1. The van der Waals surface area contributed by atoms with Gasteiger partial charge in [-0.25, -0.2) is 0 Å². The van der Waals surface area contributed by atoms with E-state index in [1.54, 1.807) is 4.90 Å². The van der Waals surface area contributed by atoms with E-state index >= 15 is 0 Å². The van der Waals surface area contributed by atoms with Crippen LogP contribution >= 0.6 is 0 Å². The predicted octanol–water partition coefficient (Wildman–Crippen LogP) is 0.150. The summed E-state index contributed by atoms with van der Waals surface area (Å²) in [5, 5.41) is 9.39. The lowest BCUT2D eigenvalue weighted by molar-refractivity contribution is -0.131. The highest BCUT2D eigenvalue weighted by Crippen LogP contribution is 2.11. The predicted molar refractivity (Wildman–Crippen MR) is 65.3 cm³/mol. The molecule has 2 atom stereocenters. The van der Waals surface area contributed by atoms with Gasteiger partial charge in [0.1, 0.15) is 0 Å². The fourth-order valence-electron chi connectivity index (χ4n) is 2.13. The molecule has 1 aromatic carbocycles. The summed E-state index contributed by atoms with van der Waals surface area (Å²) in [4.78, 5) is 13.6. The molecule has 1 amide bonds. The first-order valence-electron chi connectivity index (χ1n) is 5.93. The molecule has 0 saturated carbocycles. The molecule has 0 unspecified atom stereocenters. The fourth-order valence-corrected chi connectivity index (χ4v) is 2.13. The van der Waals surface area contributed by atoms with Gasteiger partial charge in [-0.2, -0.15) is 0 Å². The Morgan fingerprint density at radius 1 is 1.47 bits per heavy atom. The van der Waals surface area contributed by atoms with Crippen LogP contribution in [0.15, 0.2) is 30.3 Å². The molecule has 0 aliphatic carbocycles. The minimum atomic E-state index is -0.511. The molecule has 4 nitrogen and oxygen atoms in total. The number of carbonyl (C=O) groups is 1. The van der Waals surface area contributed by atoms with Crippen LogP contribution in [-0.4, -0.2) is 41.1 Å². The second-order valence-electron chi connectivity index (χ2n) is 4.52. The number of carbonyl (C=O) groups excluding carboxylic acids is 1. The molecule has 1 aliphatic rings. The van der Waals surface area contributed by atoms with E-state index in [9.17, 15) is 9.90 Å². The van der Waals surface area contributed by atoms with Crippen molar-refractivity contribution in [3.63, 3.8) is 0 Å². The molecule has 0 aromatic heterocycles. The Hall–Kier alpha value is -1.39. The summed E-state index contributed by atoms with van der Waals surface area (Å²) < 4.78 is 0. The Morgan fingerprint density at radius 2 is 2.18 bits per heavy atom. The number of aliphatic hydroxyl groups excluding tert-OH is 1. The van der Waals surface area contributed by atoms with E-state index in [1.165, 1.54) is 0 Å². The van der Waals surface area contributed by atoms with Crippen LogP contribution in [0, 0.1) is 0 Å². The van der Waals surface area contributed by atoms with Gasteiger partial charge in [-0.1, -0.05) is 30.3 Å². The Kier molecular flexibility index (Phi) is 3.76. The Balaban J connectivity index is 1.92. The molecule has 0 spiro atoms. The molecule has 0 radical (unpaired) electrons. The second kappa shape index (κ2) is 5.29. The minimum Gasteiger partial charge on any atom is -0.391 e. The lowest BCUT2D eigenvalue weighted by Gasteiger charge is -2.20. The number of rotatable bonds is 3. The molecule has 17 heavy (non-hydrogen) atoms.